The fourth-order valence-corrected chi connectivity index (χ4v) is 3.17. The van der Waals surface area contributed by atoms with Crippen molar-refractivity contribution in [1.82, 2.24) is 20.4 Å². The molecule has 1 aliphatic heterocycles. The van der Waals surface area contributed by atoms with Crippen molar-refractivity contribution >= 4 is 22.7 Å². The van der Waals surface area contributed by atoms with E-state index in [0.717, 1.165) is 30.3 Å². The zero-order chi connectivity index (χ0) is 15.1. The predicted octanol–water partition coefficient (Wildman–Crippen LogP) is 1.30. The molecular weight excluding hydrogens is 280 g/mol. The molecule has 1 unspecified atom stereocenters. The van der Waals surface area contributed by atoms with Crippen molar-refractivity contribution in [1.29, 1.82) is 0 Å². The van der Waals surface area contributed by atoms with Gasteiger partial charge in [-0.3, -0.25) is 14.7 Å². The first kappa shape index (κ1) is 13.3. The molecule has 2 N–H and O–H groups in total. The summed E-state index contributed by atoms with van der Waals surface area (Å²) in [7, 11) is 0. The predicted molar refractivity (Wildman–Crippen MR) is 81.3 cm³/mol. The maximum Gasteiger partial charge on any atom is 0.253 e. The largest absolute Gasteiger partial charge is 0.352 e. The summed E-state index contributed by atoms with van der Waals surface area (Å²) in [5.41, 5.74) is 1.35. The Labute approximate surface area is 127 Å². The Bertz CT molecular complexity index is 735. The van der Waals surface area contributed by atoms with Crippen LogP contribution in [0.2, 0.25) is 0 Å². The van der Waals surface area contributed by atoms with Gasteiger partial charge in [-0.25, -0.2) is 0 Å². The number of para-hydroxylation sites is 1. The molecule has 1 saturated carbocycles. The summed E-state index contributed by atoms with van der Waals surface area (Å²) < 4.78 is 0. The highest BCUT2D eigenvalue weighted by atomic mass is 16.2. The molecule has 6 heteroatoms. The molecule has 2 aromatic rings. The Morgan fingerprint density at radius 1 is 1.41 bits per heavy atom. The molecule has 1 aromatic heterocycles. The number of benzene rings is 1. The Morgan fingerprint density at radius 3 is 3.09 bits per heavy atom. The fraction of sp³-hybridized carbons (Fsp3) is 0.438. The first-order valence-electron chi connectivity index (χ1n) is 7.72. The number of aromatic amines is 1. The van der Waals surface area contributed by atoms with E-state index in [0.29, 0.717) is 24.6 Å². The zero-order valence-electron chi connectivity index (χ0n) is 12.2. The van der Waals surface area contributed by atoms with Gasteiger partial charge in [-0.2, -0.15) is 5.10 Å². The molecule has 2 heterocycles. The molecule has 0 spiro atoms. The van der Waals surface area contributed by atoms with Gasteiger partial charge in [0.25, 0.3) is 5.91 Å². The molecule has 2 amide bonds. The van der Waals surface area contributed by atoms with Crippen molar-refractivity contribution < 1.29 is 9.59 Å². The summed E-state index contributed by atoms with van der Waals surface area (Å²) in [6, 6.07) is 6.01. The van der Waals surface area contributed by atoms with Crippen molar-refractivity contribution in [2.75, 3.05) is 13.1 Å². The quantitative estimate of drug-likeness (QED) is 0.893. The first-order valence-corrected chi connectivity index (χ1v) is 7.72. The molecule has 22 heavy (non-hydrogen) atoms. The van der Waals surface area contributed by atoms with Crippen molar-refractivity contribution in [3.63, 3.8) is 0 Å². The Balaban J connectivity index is 1.40. The van der Waals surface area contributed by atoms with Crippen LogP contribution in [0.25, 0.3) is 10.9 Å². The van der Waals surface area contributed by atoms with E-state index in [9.17, 15) is 9.59 Å². The molecule has 6 nitrogen and oxygen atoms in total. The number of H-pyrrole nitrogens is 1. The lowest BCUT2D eigenvalue weighted by molar-refractivity contribution is -0.128. The van der Waals surface area contributed by atoms with Crippen molar-refractivity contribution in [2.24, 2.45) is 5.92 Å². The maximum atomic E-state index is 12.4. The summed E-state index contributed by atoms with van der Waals surface area (Å²) in [6.07, 6.45) is 4.51. The number of nitrogens with zero attached hydrogens (tertiary/aromatic N) is 2. The minimum Gasteiger partial charge on any atom is -0.352 e. The van der Waals surface area contributed by atoms with Crippen LogP contribution in [0.1, 0.15) is 29.6 Å². The third-order valence-electron chi connectivity index (χ3n) is 4.50. The second-order valence-electron chi connectivity index (χ2n) is 6.20. The van der Waals surface area contributed by atoms with E-state index in [-0.39, 0.29) is 17.7 Å². The lowest BCUT2D eigenvalue weighted by atomic mass is 10.1. The minimum absolute atomic E-state index is 0.118. The second-order valence-corrected chi connectivity index (χ2v) is 6.20. The van der Waals surface area contributed by atoms with Gasteiger partial charge in [-0.05, 0) is 18.9 Å². The number of rotatable bonds is 4. The number of aromatic nitrogens is 2. The van der Waals surface area contributed by atoms with E-state index in [1.54, 1.807) is 12.3 Å². The van der Waals surface area contributed by atoms with Gasteiger partial charge in [0.05, 0.1) is 17.3 Å². The molecule has 0 radical (unpaired) electrons. The molecule has 2 fully saturated rings. The molecule has 1 aliphatic carbocycles. The van der Waals surface area contributed by atoms with Gasteiger partial charge in [0.2, 0.25) is 5.91 Å². The third-order valence-corrected chi connectivity index (χ3v) is 4.50. The summed E-state index contributed by atoms with van der Waals surface area (Å²) in [5, 5.41) is 10.7. The first-order chi connectivity index (χ1) is 10.7. The average molecular weight is 298 g/mol. The second kappa shape index (κ2) is 5.12. The number of carbonyl (C=O) groups is 2. The third kappa shape index (κ3) is 2.34. The molecule has 1 saturated heterocycles. The number of hydrogen-bond donors (Lipinski definition) is 2. The lowest BCUT2D eigenvalue weighted by Crippen LogP contribution is -2.32. The number of fused-ring (bicyclic) bond motifs is 1. The smallest absolute Gasteiger partial charge is 0.253 e. The standard InChI is InChI=1S/C16H18N4O2/c21-14-6-10(9-20(14)12-4-5-12)7-17-16(22)13-3-1-2-11-8-18-19-15(11)13/h1-3,8,10,12H,4-7,9H2,(H,17,22)(H,18,19). The van der Waals surface area contributed by atoms with E-state index in [4.69, 9.17) is 0 Å². The van der Waals surface area contributed by atoms with Crippen LogP contribution >= 0.6 is 0 Å². The van der Waals surface area contributed by atoms with E-state index >= 15 is 0 Å². The van der Waals surface area contributed by atoms with Gasteiger partial charge in [0.15, 0.2) is 0 Å². The van der Waals surface area contributed by atoms with Gasteiger partial charge in [-0.15, -0.1) is 0 Å². The van der Waals surface area contributed by atoms with Crippen LogP contribution in [0.5, 0.6) is 0 Å². The summed E-state index contributed by atoms with van der Waals surface area (Å²) >= 11 is 0. The van der Waals surface area contributed by atoms with Crippen LogP contribution < -0.4 is 5.32 Å². The van der Waals surface area contributed by atoms with Crippen LogP contribution in [0.4, 0.5) is 0 Å². The van der Waals surface area contributed by atoms with E-state index < -0.39 is 0 Å². The van der Waals surface area contributed by atoms with Crippen LogP contribution in [0.15, 0.2) is 24.4 Å². The number of amides is 2. The highest BCUT2D eigenvalue weighted by Crippen LogP contribution is 2.32. The van der Waals surface area contributed by atoms with Gasteiger partial charge in [0.1, 0.15) is 0 Å². The number of carbonyl (C=O) groups excluding carboxylic acids is 2. The highest BCUT2D eigenvalue weighted by Gasteiger charge is 2.39. The summed E-state index contributed by atoms with van der Waals surface area (Å²) in [4.78, 5) is 26.3. The van der Waals surface area contributed by atoms with E-state index in [1.165, 1.54) is 0 Å². The molecule has 1 aromatic carbocycles. The van der Waals surface area contributed by atoms with Crippen LogP contribution in [0, 0.1) is 5.92 Å². The Morgan fingerprint density at radius 2 is 2.27 bits per heavy atom. The minimum atomic E-state index is -0.118. The normalized spacial score (nSPS) is 21.5. The molecule has 114 valence electrons. The molecule has 4 rings (SSSR count). The van der Waals surface area contributed by atoms with Gasteiger partial charge in [-0.1, -0.05) is 12.1 Å². The number of likely N-dealkylation sites (tertiary alicyclic amines) is 1. The summed E-state index contributed by atoms with van der Waals surface area (Å²) in [5.74, 6) is 0.336. The fourth-order valence-electron chi connectivity index (χ4n) is 3.17. The molecule has 1 atom stereocenters. The topological polar surface area (TPSA) is 78.1 Å². The molecule has 2 aliphatic rings. The van der Waals surface area contributed by atoms with Crippen LogP contribution in [0.3, 0.4) is 0 Å². The van der Waals surface area contributed by atoms with Crippen molar-refractivity contribution in [2.45, 2.75) is 25.3 Å². The van der Waals surface area contributed by atoms with E-state index in [1.807, 2.05) is 17.0 Å². The zero-order valence-corrected chi connectivity index (χ0v) is 12.2. The molecular formula is C16H18N4O2. The van der Waals surface area contributed by atoms with Gasteiger partial charge < -0.3 is 10.2 Å². The average Bonchev–Trinajstić information content (AvgIpc) is 3.12. The maximum absolute atomic E-state index is 12.4. The van der Waals surface area contributed by atoms with E-state index in [2.05, 4.69) is 15.5 Å². The van der Waals surface area contributed by atoms with Crippen molar-refractivity contribution in [3.8, 4) is 0 Å². The monoisotopic (exact) mass is 298 g/mol. The lowest BCUT2D eigenvalue weighted by Gasteiger charge is -2.15. The molecule has 0 bridgehead atoms. The number of hydrogen-bond acceptors (Lipinski definition) is 3. The van der Waals surface area contributed by atoms with Crippen LogP contribution in [-0.4, -0.2) is 46.0 Å². The number of nitrogens with one attached hydrogen (secondary N) is 2. The Hall–Kier alpha value is -2.37. The SMILES string of the molecule is O=C(NCC1CC(=O)N(C2CC2)C1)c1cccc2cn[nH]c12. The van der Waals surface area contributed by atoms with Crippen molar-refractivity contribution in [3.05, 3.63) is 30.0 Å². The van der Waals surface area contributed by atoms with Crippen LogP contribution in [-0.2, 0) is 4.79 Å². The highest BCUT2D eigenvalue weighted by molar-refractivity contribution is 6.05. The Kier molecular flexibility index (Phi) is 3.10. The van der Waals surface area contributed by atoms with Gasteiger partial charge in [0, 0.05) is 36.9 Å². The summed E-state index contributed by atoms with van der Waals surface area (Å²) in [6.45, 7) is 1.32. The van der Waals surface area contributed by atoms with Gasteiger partial charge >= 0.3 is 0 Å².